The topological polar surface area (TPSA) is 56.8 Å². The second kappa shape index (κ2) is 7.81. The molecule has 28 heavy (non-hydrogen) atoms. The Hall–Kier alpha value is -2.58. The van der Waals surface area contributed by atoms with Crippen molar-refractivity contribution >= 4 is 17.3 Å². The van der Waals surface area contributed by atoms with Gasteiger partial charge in [-0.25, -0.2) is 4.79 Å². The molecule has 1 heterocycles. The van der Waals surface area contributed by atoms with Crippen molar-refractivity contribution in [2.24, 2.45) is 0 Å². The number of rotatable bonds is 5. The quantitative estimate of drug-likeness (QED) is 0.740. The summed E-state index contributed by atoms with van der Waals surface area (Å²) in [5.74, 6) is -1.33. The van der Waals surface area contributed by atoms with Crippen LogP contribution in [-0.4, -0.2) is 31.1 Å². The summed E-state index contributed by atoms with van der Waals surface area (Å²) in [5, 5.41) is 2.85. The highest BCUT2D eigenvalue weighted by Crippen LogP contribution is 2.32. The van der Waals surface area contributed by atoms with Crippen LogP contribution in [0.25, 0.3) is 0 Å². The first-order valence-electron chi connectivity index (χ1n) is 8.66. The minimum atomic E-state index is -4.45. The first-order valence-corrected chi connectivity index (χ1v) is 8.66. The summed E-state index contributed by atoms with van der Waals surface area (Å²) in [5.41, 5.74) is -0.0169. The van der Waals surface area contributed by atoms with Crippen molar-refractivity contribution in [2.45, 2.75) is 31.9 Å². The molecule has 1 saturated heterocycles. The Labute approximate surface area is 160 Å². The third-order valence-electron chi connectivity index (χ3n) is 4.08. The van der Waals surface area contributed by atoms with Crippen molar-refractivity contribution in [3.63, 3.8) is 0 Å². The lowest BCUT2D eigenvalue weighted by Crippen LogP contribution is -2.25. The first kappa shape index (κ1) is 20.2. The van der Waals surface area contributed by atoms with Gasteiger partial charge < -0.3 is 19.5 Å². The molecule has 8 heteroatoms. The molecule has 150 valence electrons. The minimum Gasteiger partial charge on any atom is -0.459 e. The number of para-hydroxylation sites is 1. The predicted octanol–water partition coefficient (Wildman–Crippen LogP) is 4.76. The zero-order valence-electron chi connectivity index (χ0n) is 15.4. The summed E-state index contributed by atoms with van der Waals surface area (Å²) < 4.78 is 55.0. The van der Waals surface area contributed by atoms with Crippen LogP contribution in [0.1, 0.15) is 29.8 Å². The van der Waals surface area contributed by atoms with Gasteiger partial charge in [0.05, 0.1) is 23.4 Å². The Morgan fingerprint density at radius 3 is 2.64 bits per heavy atom. The van der Waals surface area contributed by atoms with Crippen LogP contribution in [-0.2, 0) is 20.4 Å². The Morgan fingerprint density at radius 2 is 1.96 bits per heavy atom. The number of hydrogen-bond acceptors (Lipinski definition) is 5. The van der Waals surface area contributed by atoms with E-state index in [2.05, 4.69) is 5.32 Å². The van der Waals surface area contributed by atoms with Crippen LogP contribution in [0.15, 0.2) is 48.5 Å². The van der Waals surface area contributed by atoms with Crippen LogP contribution in [0.3, 0.4) is 0 Å². The van der Waals surface area contributed by atoms with E-state index in [0.29, 0.717) is 12.3 Å². The van der Waals surface area contributed by atoms with Gasteiger partial charge in [-0.15, -0.1) is 0 Å². The SMILES string of the molecule is CC1(C)OCC(COC(=O)c2ccccc2Nc2cccc(C(F)(F)F)c2)O1. The number of ether oxygens (including phenoxy) is 3. The summed E-state index contributed by atoms with van der Waals surface area (Å²) in [6, 6.07) is 11.2. The molecular weight excluding hydrogens is 375 g/mol. The van der Waals surface area contributed by atoms with Gasteiger partial charge in [-0.2, -0.15) is 13.2 Å². The van der Waals surface area contributed by atoms with Crippen molar-refractivity contribution < 1.29 is 32.2 Å². The van der Waals surface area contributed by atoms with Gasteiger partial charge in [-0.05, 0) is 44.2 Å². The third kappa shape index (κ3) is 5.02. The molecule has 0 saturated carbocycles. The molecule has 0 amide bonds. The maximum absolute atomic E-state index is 12.9. The number of halogens is 3. The minimum absolute atomic E-state index is 0.0140. The number of alkyl halides is 3. The van der Waals surface area contributed by atoms with Crippen LogP contribution in [0.5, 0.6) is 0 Å². The highest BCUT2D eigenvalue weighted by Gasteiger charge is 2.33. The molecule has 1 atom stereocenters. The highest BCUT2D eigenvalue weighted by molar-refractivity contribution is 5.96. The zero-order chi connectivity index (χ0) is 20.4. The number of esters is 1. The average molecular weight is 395 g/mol. The molecule has 0 aromatic heterocycles. The van der Waals surface area contributed by atoms with E-state index >= 15 is 0 Å². The normalized spacial score (nSPS) is 18.7. The van der Waals surface area contributed by atoms with Crippen LogP contribution in [0.4, 0.5) is 24.5 Å². The number of nitrogens with one attached hydrogen (secondary N) is 1. The number of anilines is 2. The van der Waals surface area contributed by atoms with E-state index in [0.717, 1.165) is 12.1 Å². The Kier molecular flexibility index (Phi) is 5.62. The van der Waals surface area contributed by atoms with Gasteiger partial charge in [-0.3, -0.25) is 0 Å². The van der Waals surface area contributed by atoms with E-state index in [9.17, 15) is 18.0 Å². The molecule has 0 aliphatic carbocycles. The molecule has 1 fully saturated rings. The maximum Gasteiger partial charge on any atom is 0.416 e. The van der Waals surface area contributed by atoms with Crippen molar-refractivity contribution in [3.8, 4) is 0 Å². The summed E-state index contributed by atoms with van der Waals surface area (Å²) in [6.07, 6.45) is -4.82. The smallest absolute Gasteiger partial charge is 0.416 e. The standard InChI is InChI=1S/C20H20F3NO4/c1-19(2)27-12-15(28-19)11-26-18(25)16-8-3-4-9-17(16)24-14-7-5-6-13(10-14)20(21,22)23/h3-10,15,24H,11-12H2,1-2H3. The lowest BCUT2D eigenvalue weighted by Gasteiger charge is -2.17. The molecule has 0 bridgehead atoms. The third-order valence-corrected chi connectivity index (χ3v) is 4.08. The van der Waals surface area contributed by atoms with Crippen LogP contribution in [0.2, 0.25) is 0 Å². The molecule has 1 aliphatic heterocycles. The van der Waals surface area contributed by atoms with E-state index in [1.165, 1.54) is 18.2 Å². The van der Waals surface area contributed by atoms with E-state index in [1.54, 1.807) is 32.0 Å². The number of hydrogen-bond donors (Lipinski definition) is 1. The Balaban J connectivity index is 1.70. The first-order chi connectivity index (χ1) is 13.1. The fraction of sp³-hybridized carbons (Fsp3) is 0.350. The Morgan fingerprint density at radius 1 is 1.21 bits per heavy atom. The zero-order valence-corrected chi connectivity index (χ0v) is 15.4. The van der Waals surface area contributed by atoms with Gasteiger partial charge in [0.25, 0.3) is 0 Å². The fourth-order valence-electron chi connectivity index (χ4n) is 2.79. The second-order valence-corrected chi connectivity index (χ2v) is 6.80. The maximum atomic E-state index is 12.9. The second-order valence-electron chi connectivity index (χ2n) is 6.80. The van der Waals surface area contributed by atoms with Crippen molar-refractivity contribution in [1.82, 2.24) is 0 Å². The van der Waals surface area contributed by atoms with Gasteiger partial charge in [0, 0.05) is 5.69 Å². The van der Waals surface area contributed by atoms with Gasteiger partial charge in [-0.1, -0.05) is 18.2 Å². The molecule has 1 N–H and O–H groups in total. The molecule has 1 aliphatic rings. The molecule has 5 nitrogen and oxygen atoms in total. The van der Waals surface area contributed by atoms with E-state index in [1.807, 2.05) is 0 Å². The van der Waals surface area contributed by atoms with Crippen molar-refractivity contribution in [1.29, 1.82) is 0 Å². The molecule has 0 spiro atoms. The van der Waals surface area contributed by atoms with Crippen LogP contribution in [0, 0.1) is 0 Å². The predicted molar refractivity (Wildman–Crippen MR) is 96.4 cm³/mol. The molecule has 0 radical (unpaired) electrons. The number of benzene rings is 2. The van der Waals surface area contributed by atoms with Gasteiger partial charge in [0.15, 0.2) is 5.79 Å². The van der Waals surface area contributed by atoms with Crippen LogP contribution >= 0.6 is 0 Å². The lowest BCUT2D eigenvalue weighted by atomic mass is 10.1. The number of carbonyl (C=O) groups excluding carboxylic acids is 1. The highest BCUT2D eigenvalue weighted by atomic mass is 19.4. The fourth-order valence-corrected chi connectivity index (χ4v) is 2.79. The summed E-state index contributed by atoms with van der Waals surface area (Å²) in [6.45, 7) is 3.86. The lowest BCUT2D eigenvalue weighted by molar-refractivity contribution is -0.142. The monoisotopic (exact) mass is 395 g/mol. The van der Waals surface area contributed by atoms with E-state index in [4.69, 9.17) is 14.2 Å². The van der Waals surface area contributed by atoms with E-state index < -0.39 is 23.5 Å². The van der Waals surface area contributed by atoms with E-state index in [-0.39, 0.29) is 24.0 Å². The van der Waals surface area contributed by atoms with Gasteiger partial charge in [0.1, 0.15) is 12.7 Å². The molecule has 2 aromatic carbocycles. The average Bonchev–Trinajstić information content (AvgIpc) is 2.98. The Bertz CT molecular complexity index is 851. The largest absolute Gasteiger partial charge is 0.459 e. The molecule has 3 rings (SSSR count). The van der Waals surface area contributed by atoms with Gasteiger partial charge in [0.2, 0.25) is 0 Å². The van der Waals surface area contributed by atoms with Crippen molar-refractivity contribution in [3.05, 3.63) is 59.7 Å². The van der Waals surface area contributed by atoms with Crippen LogP contribution < -0.4 is 5.32 Å². The van der Waals surface area contributed by atoms with Crippen molar-refractivity contribution in [2.75, 3.05) is 18.5 Å². The van der Waals surface area contributed by atoms with Gasteiger partial charge >= 0.3 is 12.1 Å². The summed E-state index contributed by atoms with van der Waals surface area (Å²) in [4.78, 5) is 12.5. The number of carbonyl (C=O) groups is 1. The molecular formula is C20H20F3NO4. The molecule has 2 aromatic rings. The summed E-state index contributed by atoms with van der Waals surface area (Å²) in [7, 11) is 0. The molecule has 1 unspecified atom stereocenters. The summed E-state index contributed by atoms with van der Waals surface area (Å²) >= 11 is 0.